The maximum atomic E-state index is 7.21. The van der Waals surface area contributed by atoms with E-state index in [1.54, 1.807) is 0 Å². The summed E-state index contributed by atoms with van der Waals surface area (Å²) in [5, 5.41) is 2.57. The second-order valence-corrected chi connectivity index (χ2v) is 21.7. The molecule has 5 heteroatoms. The first-order valence-electron chi connectivity index (χ1n) is 15.4. The summed E-state index contributed by atoms with van der Waals surface area (Å²) in [6.45, 7) is 23.0. The molecule has 1 fully saturated rings. The largest absolute Gasteiger partial charge is 0.413 e. The summed E-state index contributed by atoms with van der Waals surface area (Å²) in [5.41, 5.74) is 1.22. The third kappa shape index (κ3) is 7.35. The van der Waals surface area contributed by atoms with Gasteiger partial charge in [0.15, 0.2) is 8.32 Å². The second-order valence-electron chi connectivity index (χ2n) is 12.7. The molecular weight excluding hydrogens is 525 g/mol. The van der Waals surface area contributed by atoms with Crippen LogP contribution in [-0.2, 0) is 13.6 Å². The summed E-state index contributed by atoms with van der Waals surface area (Å²) in [4.78, 5) is 0. The summed E-state index contributed by atoms with van der Waals surface area (Å²) in [6, 6.07) is 25.3. The van der Waals surface area contributed by atoms with Crippen LogP contribution in [-0.4, -0.2) is 41.6 Å². The van der Waals surface area contributed by atoms with Crippen molar-refractivity contribution >= 4 is 27.0 Å². The molecule has 0 N–H and O–H groups in total. The Morgan fingerprint density at radius 1 is 0.950 bits per heavy atom. The van der Waals surface area contributed by atoms with Gasteiger partial charge in [-0.3, -0.25) is 0 Å². The second kappa shape index (κ2) is 14.4. The maximum absolute atomic E-state index is 7.21. The molecule has 0 amide bonds. The fraction of sp³-hybridized carbons (Fsp3) is 0.543. The Kier molecular flexibility index (Phi) is 11.8. The van der Waals surface area contributed by atoms with E-state index in [1.807, 2.05) is 6.08 Å². The molecule has 2 aromatic rings. The predicted molar refractivity (Wildman–Crippen MR) is 177 cm³/mol. The van der Waals surface area contributed by atoms with E-state index in [9.17, 15) is 0 Å². The van der Waals surface area contributed by atoms with Crippen LogP contribution in [0.15, 0.2) is 85.0 Å². The Morgan fingerprint density at radius 2 is 1.48 bits per heavy atom. The highest BCUT2D eigenvalue weighted by Gasteiger charge is 2.50. The van der Waals surface area contributed by atoms with E-state index in [0.29, 0.717) is 12.5 Å². The van der Waals surface area contributed by atoms with E-state index in [1.165, 1.54) is 34.1 Å². The number of rotatable bonds is 13. The van der Waals surface area contributed by atoms with Crippen molar-refractivity contribution in [3.8, 4) is 0 Å². The normalized spacial score (nSPS) is 22.8. The minimum Gasteiger partial charge on any atom is -0.413 e. The van der Waals surface area contributed by atoms with Gasteiger partial charge in [0.1, 0.15) is 0 Å². The minimum absolute atomic E-state index is 0.00345. The molecule has 0 saturated carbocycles. The van der Waals surface area contributed by atoms with Gasteiger partial charge in [-0.05, 0) is 53.3 Å². The molecule has 220 valence electrons. The van der Waals surface area contributed by atoms with Gasteiger partial charge < -0.3 is 13.6 Å². The average molecular weight is 579 g/mol. The Labute approximate surface area is 247 Å². The quantitative estimate of drug-likeness (QED) is 0.177. The zero-order valence-corrected chi connectivity index (χ0v) is 28.4. The van der Waals surface area contributed by atoms with Crippen molar-refractivity contribution in [2.75, 3.05) is 6.61 Å². The standard InChI is InChI=1S/C35H54O3Si2/c1-10-20-30-26-34(38-39(11-2,12-3)13-4)29(6)33(37-30)25-28(5)27-36-40(35(7,8)9,31-21-16-14-17-22-31)32-23-18-15-19-24-32/h10,14-19,21-25,29-30,33-34H,1,11-13,20,26-27H2,2-9H3/b28-25+/t29-,30-,33+,34-/m0/s1. The topological polar surface area (TPSA) is 27.7 Å². The van der Waals surface area contributed by atoms with Crippen molar-refractivity contribution in [2.24, 2.45) is 5.92 Å². The Morgan fingerprint density at radius 3 is 1.93 bits per heavy atom. The van der Waals surface area contributed by atoms with E-state index in [4.69, 9.17) is 13.6 Å². The van der Waals surface area contributed by atoms with Crippen LogP contribution in [0.5, 0.6) is 0 Å². The van der Waals surface area contributed by atoms with Gasteiger partial charge in [0.2, 0.25) is 0 Å². The molecule has 3 nitrogen and oxygen atoms in total. The number of ether oxygens (including phenoxy) is 1. The molecule has 1 aliphatic heterocycles. The molecule has 0 aliphatic carbocycles. The van der Waals surface area contributed by atoms with Crippen molar-refractivity contribution in [1.82, 2.24) is 0 Å². The summed E-state index contributed by atoms with van der Waals surface area (Å²) in [5.74, 6) is 0.292. The summed E-state index contributed by atoms with van der Waals surface area (Å²) < 4.78 is 21.0. The summed E-state index contributed by atoms with van der Waals surface area (Å²) in [7, 11) is -4.32. The molecule has 0 unspecified atom stereocenters. The van der Waals surface area contributed by atoms with Gasteiger partial charge in [-0.15, -0.1) is 6.58 Å². The van der Waals surface area contributed by atoms with Crippen molar-refractivity contribution in [1.29, 1.82) is 0 Å². The van der Waals surface area contributed by atoms with Crippen LogP contribution in [0.25, 0.3) is 0 Å². The lowest BCUT2D eigenvalue weighted by molar-refractivity contribution is -0.104. The molecule has 1 saturated heterocycles. The molecule has 2 aromatic carbocycles. The molecule has 0 radical (unpaired) electrons. The Hall–Kier alpha value is -1.77. The number of hydrogen-bond acceptors (Lipinski definition) is 3. The van der Waals surface area contributed by atoms with E-state index in [0.717, 1.165) is 12.8 Å². The third-order valence-corrected chi connectivity index (χ3v) is 18.7. The van der Waals surface area contributed by atoms with E-state index < -0.39 is 16.6 Å². The maximum Gasteiger partial charge on any atom is 0.261 e. The van der Waals surface area contributed by atoms with Crippen LogP contribution in [0, 0.1) is 5.92 Å². The predicted octanol–water partition coefficient (Wildman–Crippen LogP) is 8.27. The highest BCUT2D eigenvalue weighted by atomic mass is 28.4. The monoisotopic (exact) mass is 578 g/mol. The van der Waals surface area contributed by atoms with Gasteiger partial charge in [0.25, 0.3) is 8.32 Å². The highest BCUT2D eigenvalue weighted by Crippen LogP contribution is 2.38. The molecule has 0 spiro atoms. The minimum atomic E-state index is -2.60. The van der Waals surface area contributed by atoms with Gasteiger partial charge in [0.05, 0.1) is 24.9 Å². The van der Waals surface area contributed by atoms with Crippen molar-refractivity contribution in [3.63, 3.8) is 0 Å². The molecule has 0 bridgehead atoms. The molecular formula is C35H54O3Si2. The molecule has 3 rings (SSSR count). The zero-order chi connectivity index (χ0) is 29.4. The first-order chi connectivity index (χ1) is 19.1. The van der Waals surface area contributed by atoms with Crippen LogP contribution in [0.1, 0.15) is 68.2 Å². The Bertz CT molecular complexity index is 1030. The van der Waals surface area contributed by atoms with Gasteiger partial charge in [0, 0.05) is 5.92 Å². The fourth-order valence-corrected chi connectivity index (χ4v) is 14.0. The van der Waals surface area contributed by atoms with Crippen molar-refractivity contribution in [2.45, 2.75) is 110 Å². The first-order valence-corrected chi connectivity index (χ1v) is 19.9. The zero-order valence-electron chi connectivity index (χ0n) is 26.4. The SMILES string of the molecule is C=CC[C@H]1C[C@H](O[Si](CC)(CC)CC)[C@@H](C)[C@@H](/C=C(\C)CO[Si](c2ccccc2)(c2ccccc2)C(C)(C)C)O1. The highest BCUT2D eigenvalue weighted by molar-refractivity contribution is 6.99. The number of benzene rings is 2. The van der Waals surface area contributed by atoms with E-state index in [-0.39, 0.29) is 23.4 Å². The molecule has 1 aliphatic rings. The van der Waals surface area contributed by atoms with Crippen LogP contribution >= 0.6 is 0 Å². The molecule has 40 heavy (non-hydrogen) atoms. The van der Waals surface area contributed by atoms with Crippen molar-refractivity contribution < 1.29 is 13.6 Å². The lowest BCUT2D eigenvalue weighted by Gasteiger charge is -2.44. The molecule has 0 aromatic heterocycles. The van der Waals surface area contributed by atoms with Gasteiger partial charge in [-0.25, -0.2) is 0 Å². The van der Waals surface area contributed by atoms with Gasteiger partial charge in [-0.1, -0.05) is 127 Å². The Balaban J connectivity index is 1.92. The molecule has 4 atom stereocenters. The van der Waals surface area contributed by atoms with E-state index >= 15 is 0 Å². The fourth-order valence-electron chi connectivity index (χ4n) is 6.40. The van der Waals surface area contributed by atoms with Gasteiger partial charge in [-0.2, -0.15) is 0 Å². The van der Waals surface area contributed by atoms with E-state index in [2.05, 4.69) is 129 Å². The molecule has 1 heterocycles. The number of hydrogen-bond donors (Lipinski definition) is 0. The average Bonchev–Trinajstić information content (AvgIpc) is 2.95. The van der Waals surface area contributed by atoms with Crippen molar-refractivity contribution in [3.05, 3.63) is 85.0 Å². The third-order valence-electron chi connectivity index (χ3n) is 9.10. The lowest BCUT2D eigenvalue weighted by atomic mass is 9.88. The lowest BCUT2D eigenvalue weighted by Crippen LogP contribution is -2.66. The summed E-state index contributed by atoms with van der Waals surface area (Å²) in [6.07, 6.45) is 6.48. The van der Waals surface area contributed by atoms with Crippen LogP contribution in [0.4, 0.5) is 0 Å². The van der Waals surface area contributed by atoms with Crippen LogP contribution < -0.4 is 10.4 Å². The smallest absolute Gasteiger partial charge is 0.261 e. The van der Waals surface area contributed by atoms with Gasteiger partial charge >= 0.3 is 0 Å². The first kappa shape index (κ1) is 32.7. The van der Waals surface area contributed by atoms with Crippen LogP contribution in [0.2, 0.25) is 23.2 Å². The van der Waals surface area contributed by atoms with Crippen LogP contribution in [0.3, 0.4) is 0 Å². The summed E-state index contributed by atoms with van der Waals surface area (Å²) >= 11 is 0.